The van der Waals surface area contributed by atoms with Crippen LogP contribution in [0.15, 0.2) is 30.3 Å². The smallest absolute Gasteiger partial charge is 0.404 e. The Hall–Kier alpha value is -1.41. The van der Waals surface area contributed by atoms with Crippen LogP contribution in [0.3, 0.4) is 0 Å². The van der Waals surface area contributed by atoms with E-state index in [0.717, 1.165) is 12.0 Å². The molecule has 7 heteroatoms. The summed E-state index contributed by atoms with van der Waals surface area (Å²) in [5.74, 6) is 0.818. The summed E-state index contributed by atoms with van der Waals surface area (Å²) in [6.45, 7) is 7.23. The van der Waals surface area contributed by atoms with Gasteiger partial charge in [-0.15, -0.1) is 0 Å². The minimum Gasteiger partial charge on any atom is -0.404 e. The molecule has 6 nitrogen and oxygen atoms in total. The molecular formula is C23H35BN2O4. The number of hydrogen-bond acceptors (Lipinski definition) is 5. The summed E-state index contributed by atoms with van der Waals surface area (Å²) in [5.41, 5.74) is 1.14. The highest BCUT2D eigenvalue weighted by molar-refractivity contribution is 6.48. The van der Waals surface area contributed by atoms with Crippen molar-refractivity contribution in [2.75, 3.05) is 20.8 Å². The van der Waals surface area contributed by atoms with E-state index < -0.39 is 13.2 Å². The van der Waals surface area contributed by atoms with Gasteiger partial charge in [-0.2, -0.15) is 0 Å². The van der Waals surface area contributed by atoms with Crippen molar-refractivity contribution in [1.29, 1.82) is 0 Å². The number of nitrogens with one attached hydrogen (secondary N) is 2. The predicted molar refractivity (Wildman–Crippen MR) is 117 cm³/mol. The highest BCUT2D eigenvalue weighted by atomic mass is 16.7. The SMILES string of the molecule is CNC(COC)C(=O)NC(Cc1ccccc1)B1O[C@@H]2CC3CC(C3(C)C)[C@]2(C)O1. The highest BCUT2D eigenvalue weighted by Crippen LogP contribution is 2.65. The molecule has 1 aromatic carbocycles. The van der Waals surface area contributed by atoms with Crippen molar-refractivity contribution in [2.24, 2.45) is 17.3 Å². The van der Waals surface area contributed by atoms with E-state index in [9.17, 15) is 4.79 Å². The summed E-state index contributed by atoms with van der Waals surface area (Å²) in [6, 6.07) is 9.77. The van der Waals surface area contributed by atoms with Crippen LogP contribution in [0.4, 0.5) is 0 Å². The third kappa shape index (κ3) is 3.70. The second-order valence-electron chi connectivity index (χ2n) is 9.94. The van der Waals surface area contributed by atoms with E-state index in [1.807, 2.05) is 18.2 Å². The molecule has 1 aliphatic heterocycles. The lowest BCUT2D eigenvalue weighted by atomic mass is 9.43. The fourth-order valence-corrected chi connectivity index (χ4v) is 5.89. The third-order valence-electron chi connectivity index (χ3n) is 7.92. The Balaban J connectivity index is 1.53. The lowest BCUT2D eigenvalue weighted by Crippen LogP contribution is -2.65. The molecule has 1 aromatic rings. The summed E-state index contributed by atoms with van der Waals surface area (Å²) in [7, 11) is 2.91. The molecule has 5 rings (SSSR count). The molecule has 3 aliphatic carbocycles. The Morgan fingerprint density at radius 1 is 1.27 bits per heavy atom. The number of hydrogen-bond donors (Lipinski definition) is 2. The van der Waals surface area contributed by atoms with Gasteiger partial charge in [-0.05, 0) is 56.0 Å². The number of carbonyl (C=O) groups excluding carboxylic acids is 1. The van der Waals surface area contributed by atoms with E-state index in [4.69, 9.17) is 14.0 Å². The monoisotopic (exact) mass is 414 g/mol. The van der Waals surface area contributed by atoms with E-state index in [2.05, 4.69) is 43.5 Å². The van der Waals surface area contributed by atoms with Gasteiger partial charge < -0.3 is 24.7 Å². The van der Waals surface area contributed by atoms with E-state index in [1.165, 1.54) is 6.42 Å². The van der Waals surface area contributed by atoms with Crippen LogP contribution in [0.5, 0.6) is 0 Å². The number of carbonyl (C=O) groups is 1. The summed E-state index contributed by atoms with van der Waals surface area (Å²) in [6.07, 6.45) is 2.99. The van der Waals surface area contributed by atoms with Gasteiger partial charge in [0.15, 0.2) is 0 Å². The Kier molecular flexibility index (Phi) is 6.01. The largest absolute Gasteiger partial charge is 0.482 e. The molecule has 0 aromatic heterocycles. The first-order valence-electron chi connectivity index (χ1n) is 11.1. The topological polar surface area (TPSA) is 68.8 Å². The minimum atomic E-state index is -0.459. The maximum absolute atomic E-state index is 12.9. The first kappa shape index (κ1) is 21.8. The van der Waals surface area contributed by atoms with Crippen molar-refractivity contribution in [2.45, 2.75) is 63.7 Å². The van der Waals surface area contributed by atoms with Crippen LogP contribution in [0, 0.1) is 17.3 Å². The summed E-state index contributed by atoms with van der Waals surface area (Å²) in [5, 5.41) is 6.21. The van der Waals surface area contributed by atoms with Crippen molar-refractivity contribution < 1.29 is 18.8 Å². The molecule has 6 atom stereocenters. The van der Waals surface area contributed by atoms with Gasteiger partial charge in [0.2, 0.25) is 5.91 Å². The molecule has 2 N–H and O–H groups in total. The third-order valence-corrected chi connectivity index (χ3v) is 7.92. The molecular weight excluding hydrogens is 379 g/mol. The van der Waals surface area contributed by atoms with E-state index in [1.54, 1.807) is 14.2 Å². The molecule has 164 valence electrons. The molecule has 30 heavy (non-hydrogen) atoms. The number of amides is 1. The maximum atomic E-state index is 12.9. The zero-order chi connectivity index (χ0) is 21.5. The molecule has 4 aliphatic rings. The van der Waals surface area contributed by atoms with Crippen molar-refractivity contribution in [3.8, 4) is 0 Å². The highest BCUT2D eigenvalue weighted by Gasteiger charge is 2.68. The van der Waals surface area contributed by atoms with Crippen LogP contribution in [0.25, 0.3) is 0 Å². The molecule has 4 unspecified atom stereocenters. The number of ether oxygens (including phenoxy) is 1. The van der Waals surface area contributed by atoms with Crippen LogP contribution in [-0.2, 0) is 25.3 Å². The van der Waals surface area contributed by atoms with Gasteiger partial charge >= 0.3 is 7.12 Å². The van der Waals surface area contributed by atoms with Crippen LogP contribution < -0.4 is 10.6 Å². The maximum Gasteiger partial charge on any atom is 0.482 e. The second kappa shape index (κ2) is 8.27. The van der Waals surface area contributed by atoms with Gasteiger partial charge in [0.25, 0.3) is 0 Å². The van der Waals surface area contributed by atoms with Crippen LogP contribution >= 0.6 is 0 Å². The average Bonchev–Trinajstić information content (AvgIpc) is 3.09. The Labute approximate surface area is 180 Å². The fourth-order valence-electron chi connectivity index (χ4n) is 5.89. The summed E-state index contributed by atoms with van der Waals surface area (Å²) >= 11 is 0. The van der Waals surface area contributed by atoms with E-state index in [0.29, 0.717) is 24.9 Å². The van der Waals surface area contributed by atoms with E-state index in [-0.39, 0.29) is 29.0 Å². The molecule has 0 spiro atoms. The van der Waals surface area contributed by atoms with Gasteiger partial charge in [-0.3, -0.25) is 4.79 Å². The summed E-state index contributed by atoms with van der Waals surface area (Å²) in [4.78, 5) is 12.9. The molecule has 0 radical (unpaired) electrons. The predicted octanol–water partition coefficient (Wildman–Crippen LogP) is 2.22. The lowest BCUT2D eigenvalue weighted by Gasteiger charge is -2.64. The normalized spacial score (nSPS) is 33.4. The van der Waals surface area contributed by atoms with Gasteiger partial charge in [-0.1, -0.05) is 44.2 Å². The Morgan fingerprint density at radius 2 is 2.00 bits per heavy atom. The Morgan fingerprint density at radius 3 is 2.63 bits per heavy atom. The molecule has 3 saturated carbocycles. The Bertz CT molecular complexity index is 761. The van der Waals surface area contributed by atoms with Gasteiger partial charge in [0, 0.05) is 7.11 Å². The first-order valence-corrected chi connectivity index (χ1v) is 11.1. The van der Waals surface area contributed by atoms with Crippen LogP contribution in [0.2, 0.25) is 0 Å². The molecule has 1 amide bonds. The number of methoxy groups -OCH3 is 1. The molecule has 1 saturated heterocycles. The van der Waals surface area contributed by atoms with Crippen molar-refractivity contribution >= 4 is 13.0 Å². The molecule has 2 bridgehead atoms. The second-order valence-corrected chi connectivity index (χ2v) is 9.94. The van der Waals surface area contributed by atoms with Crippen molar-refractivity contribution in [3.05, 3.63) is 35.9 Å². The van der Waals surface area contributed by atoms with Gasteiger partial charge in [0.1, 0.15) is 6.04 Å². The number of likely N-dealkylation sites (N-methyl/N-ethyl adjacent to an activating group) is 1. The van der Waals surface area contributed by atoms with Crippen LogP contribution in [-0.4, -0.2) is 57.5 Å². The lowest BCUT2D eigenvalue weighted by molar-refractivity contribution is -0.199. The van der Waals surface area contributed by atoms with Crippen molar-refractivity contribution in [1.82, 2.24) is 10.6 Å². The zero-order valence-electron chi connectivity index (χ0n) is 18.8. The minimum absolute atomic E-state index is 0.0912. The standard InChI is InChI=1S/C23H35BN2O4/c1-22(2)16-12-18(22)23(3)19(13-16)29-24(30-23)20(11-15-9-7-6-8-10-15)26-21(27)17(25-4)14-28-5/h6-10,16-20,25H,11-14H2,1-5H3,(H,26,27)/t16?,17?,18?,19-,20?,23+/m1/s1. The van der Waals surface area contributed by atoms with Gasteiger partial charge in [-0.25, -0.2) is 0 Å². The van der Waals surface area contributed by atoms with Gasteiger partial charge in [0.05, 0.1) is 24.3 Å². The molecule has 4 fully saturated rings. The first-order chi connectivity index (χ1) is 14.3. The quantitative estimate of drug-likeness (QED) is 0.639. The number of rotatable bonds is 8. The number of benzene rings is 1. The fraction of sp³-hybridized carbons (Fsp3) is 0.696. The van der Waals surface area contributed by atoms with E-state index >= 15 is 0 Å². The molecule has 1 heterocycles. The zero-order valence-corrected chi connectivity index (χ0v) is 18.8. The average molecular weight is 414 g/mol. The van der Waals surface area contributed by atoms with Crippen LogP contribution in [0.1, 0.15) is 39.2 Å². The van der Waals surface area contributed by atoms with Crippen molar-refractivity contribution in [3.63, 3.8) is 0 Å². The summed E-state index contributed by atoms with van der Waals surface area (Å²) < 4.78 is 18.3.